The Morgan fingerprint density at radius 1 is 1.18 bits per heavy atom. The minimum atomic E-state index is -0.255. The molecule has 0 aliphatic rings. The smallest absolute Gasteiger partial charge is 0.214 e. The zero-order valence-corrected chi connectivity index (χ0v) is 13.7. The molecule has 0 unspecified atom stereocenters. The molecule has 0 aliphatic carbocycles. The molecule has 4 nitrogen and oxygen atoms in total. The number of hydrogen-bond acceptors (Lipinski definition) is 2. The molecule has 0 N–H and O–H groups in total. The van der Waals surface area contributed by atoms with Crippen molar-refractivity contribution in [1.82, 2.24) is 4.57 Å². The number of halogens is 1. The van der Waals surface area contributed by atoms with Crippen LogP contribution in [0.15, 0.2) is 59.2 Å². The Morgan fingerprint density at radius 3 is 2.55 bits per heavy atom. The summed E-state index contributed by atoms with van der Waals surface area (Å²) in [6, 6.07) is 15.7. The van der Waals surface area contributed by atoms with Gasteiger partial charge in [0.05, 0.1) is 5.92 Å². The Bertz CT molecular complexity index is 824. The van der Waals surface area contributed by atoms with Gasteiger partial charge in [0.25, 0.3) is 0 Å². The maximum Gasteiger partial charge on any atom is 0.214 e. The van der Waals surface area contributed by atoms with Crippen molar-refractivity contribution < 1.29 is 4.92 Å². The van der Waals surface area contributed by atoms with E-state index < -0.39 is 0 Å². The van der Waals surface area contributed by atoms with Crippen molar-refractivity contribution in [2.75, 3.05) is 6.54 Å². The second-order valence-electron chi connectivity index (χ2n) is 5.33. The van der Waals surface area contributed by atoms with Crippen LogP contribution in [0.2, 0.25) is 0 Å². The zero-order valence-electron chi connectivity index (χ0n) is 12.1. The second-order valence-corrected chi connectivity index (χ2v) is 6.25. The fraction of sp³-hybridized carbons (Fsp3) is 0.176. The van der Waals surface area contributed by atoms with E-state index in [4.69, 9.17) is 0 Å². The van der Waals surface area contributed by atoms with Crippen LogP contribution in [0.3, 0.4) is 0 Å². The summed E-state index contributed by atoms with van der Waals surface area (Å²) in [5, 5.41) is 12.2. The molecule has 0 spiro atoms. The molecular weight excluding hydrogens is 344 g/mol. The van der Waals surface area contributed by atoms with Gasteiger partial charge >= 0.3 is 0 Å². The Hall–Kier alpha value is -2.14. The highest BCUT2D eigenvalue weighted by atomic mass is 79.9. The van der Waals surface area contributed by atoms with Crippen LogP contribution in [0.5, 0.6) is 0 Å². The van der Waals surface area contributed by atoms with Crippen LogP contribution in [-0.2, 0) is 7.05 Å². The Kier molecular flexibility index (Phi) is 3.98. The minimum absolute atomic E-state index is 0.115. The highest BCUT2D eigenvalue weighted by Gasteiger charge is 2.23. The van der Waals surface area contributed by atoms with Crippen molar-refractivity contribution >= 4 is 26.8 Å². The minimum Gasteiger partial charge on any atom is -0.350 e. The number of rotatable bonds is 4. The molecule has 0 saturated heterocycles. The fourth-order valence-corrected chi connectivity index (χ4v) is 3.14. The maximum absolute atomic E-state index is 11.2. The highest BCUT2D eigenvalue weighted by Crippen LogP contribution is 2.32. The summed E-state index contributed by atoms with van der Waals surface area (Å²) >= 11 is 3.41. The molecule has 0 saturated carbocycles. The normalized spacial score (nSPS) is 12.5. The van der Waals surface area contributed by atoms with Crippen molar-refractivity contribution in [3.8, 4) is 0 Å². The van der Waals surface area contributed by atoms with Gasteiger partial charge < -0.3 is 4.57 Å². The molecule has 112 valence electrons. The number of hydrogen-bond donors (Lipinski definition) is 0. The van der Waals surface area contributed by atoms with E-state index in [1.54, 1.807) is 0 Å². The largest absolute Gasteiger partial charge is 0.350 e. The van der Waals surface area contributed by atoms with Gasteiger partial charge in [-0.15, -0.1) is 0 Å². The van der Waals surface area contributed by atoms with Crippen LogP contribution in [0.4, 0.5) is 0 Å². The highest BCUT2D eigenvalue weighted by molar-refractivity contribution is 9.10. The van der Waals surface area contributed by atoms with Crippen molar-refractivity contribution in [3.63, 3.8) is 0 Å². The van der Waals surface area contributed by atoms with Gasteiger partial charge in [-0.05, 0) is 29.3 Å². The summed E-state index contributed by atoms with van der Waals surface area (Å²) < 4.78 is 2.99. The quantitative estimate of drug-likeness (QED) is 0.514. The lowest BCUT2D eigenvalue weighted by Crippen LogP contribution is -2.13. The average Bonchev–Trinajstić information content (AvgIpc) is 2.83. The standard InChI is InChI=1S/C17H15BrN2O2/c1-19-10-16(14-4-2-3-5-17(14)19)15(11-20(21)22)12-6-8-13(18)9-7-12/h2-10,15H,11H2,1H3/t15-/m0/s1. The summed E-state index contributed by atoms with van der Waals surface area (Å²) in [4.78, 5) is 10.9. The first-order valence-corrected chi connectivity index (χ1v) is 7.77. The van der Waals surface area contributed by atoms with Gasteiger partial charge in [-0.3, -0.25) is 10.1 Å². The number of aromatic nitrogens is 1. The van der Waals surface area contributed by atoms with Crippen LogP contribution in [0.25, 0.3) is 10.9 Å². The first-order chi connectivity index (χ1) is 10.6. The fourth-order valence-electron chi connectivity index (χ4n) is 2.88. The molecule has 3 rings (SSSR count). The third-order valence-electron chi connectivity index (χ3n) is 3.91. The molecule has 3 aromatic rings. The average molecular weight is 359 g/mol. The Balaban J connectivity index is 2.16. The summed E-state index contributed by atoms with van der Waals surface area (Å²) in [5.74, 6) is -0.255. The van der Waals surface area contributed by atoms with E-state index in [9.17, 15) is 10.1 Å². The van der Waals surface area contributed by atoms with Gasteiger partial charge in [-0.1, -0.05) is 46.3 Å². The van der Waals surface area contributed by atoms with Gasteiger partial charge in [-0.2, -0.15) is 0 Å². The first-order valence-electron chi connectivity index (χ1n) is 6.97. The predicted octanol–water partition coefficient (Wildman–Crippen LogP) is 4.35. The molecule has 1 heterocycles. The van der Waals surface area contributed by atoms with Crippen LogP contribution in [0.1, 0.15) is 17.0 Å². The molecule has 0 fully saturated rings. The van der Waals surface area contributed by atoms with E-state index in [1.807, 2.05) is 66.3 Å². The third kappa shape index (κ3) is 2.76. The second kappa shape index (κ2) is 5.93. The van der Waals surface area contributed by atoms with E-state index in [1.165, 1.54) is 0 Å². The SMILES string of the molecule is Cn1cc([C@@H](C[N+](=O)[O-])c2ccc(Br)cc2)c2ccccc21. The van der Waals surface area contributed by atoms with Crippen LogP contribution < -0.4 is 0 Å². The third-order valence-corrected chi connectivity index (χ3v) is 4.44. The Labute approximate surface area is 136 Å². The number of benzene rings is 2. The lowest BCUT2D eigenvalue weighted by molar-refractivity contribution is -0.481. The van der Waals surface area contributed by atoms with Crippen molar-refractivity contribution in [3.05, 3.63) is 80.4 Å². The van der Waals surface area contributed by atoms with E-state index in [0.29, 0.717) is 0 Å². The maximum atomic E-state index is 11.2. The number of fused-ring (bicyclic) bond motifs is 1. The van der Waals surface area contributed by atoms with Gasteiger partial charge in [-0.25, -0.2) is 0 Å². The first kappa shape index (κ1) is 14.8. The number of nitrogens with zero attached hydrogens (tertiary/aromatic N) is 2. The molecule has 0 aliphatic heterocycles. The van der Waals surface area contributed by atoms with Crippen molar-refractivity contribution in [2.45, 2.75) is 5.92 Å². The van der Waals surface area contributed by atoms with Crippen LogP contribution in [0, 0.1) is 10.1 Å². The number of aryl methyl sites for hydroxylation is 1. The molecular formula is C17H15BrN2O2. The van der Waals surface area contributed by atoms with E-state index in [0.717, 1.165) is 26.5 Å². The molecule has 5 heteroatoms. The van der Waals surface area contributed by atoms with Gasteiger partial charge in [0.15, 0.2) is 0 Å². The van der Waals surface area contributed by atoms with Crippen molar-refractivity contribution in [2.24, 2.45) is 7.05 Å². The molecule has 1 atom stereocenters. The predicted molar refractivity (Wildman–Crippen MR) is 90.8 cm³/mol. The van der Waals surface area contributed by atoms with Crippen molar-refractivity contribution in [1.29, 1.82) is 0 Å². The van der Waals surface area contributed by atoms with Gasteiger partial charge in [0.2, 0.25) is 6.54 Å². The van der Waals surface area contributed by atoms with Gasteiger partial charge in [0, 0.05) is 33.5 Å². The number of nitro groups is 1. The lowest BCUT2D eigenvalue weighted by atomic mass is 9.91. The van der Waals surface area contributed by atoms with E-state index in [-0.39, 0.29) is 17.4 Å². The van der Waals surface area contributed by atoms with Gasteiger partial charge in [0.1, 0.15) is 0 Å². The topological polar surface area (TPSA) is 48.1 Å². The zero-order chi connectivity index (χ0) is 15.7. The molecule has 2 aromatic carbocycles. The summed E-state index contributed by atoms with van der Waals surface area (Å²) in [6.07, 6.45) is 2.00. The van der Waals surface area contributed by atoms with E-state index in [2.05, 4.69) is 15.9 Å². The summed E-state index contributed by atoms with van der Waals surface area (Å²) in [5.41, 5.74) is 3.04. The number of para-hydroxylation sites is 1. The summed E-state index contributed by atoms with van der Waals surface area (Å²) in [7, 11) is 1.97. The van der Waals surface area contributed by atoms with E-state index >= 15 is 0 Å². The van der Waals surface area contributed by atoms with Crippen LogP contribution >= 0.6 is 15.9 Å². The molecule has 22 heavy (non-hydrogen) atoms. The molecule has 1 aromatic heterocycles. The Morgan fingerprint density at radius 2 is 1.86 bits per heavy atom. The molecule has 0 radical (unpaired) electrons. The monoisotopic (exact) mass is 358 g/mol. The lowest BCUT2D eigenvalue weighted by Gasteiger charge is -2.13. The molecule has 0 amide bonds. The van der Waals surface area contributed by atoms with Crippen LogP contribution in [-0.4, -0.2) is 16.0 Å². The summed E-state index contributed by atoms with van der Waals surface area (Å²) in [6.45, 7) is -0.115. The molecule has 0 bridgehead atoms.